The zero-order chi connectivity index (χ0) is 48.9. The Bertz CT molecular complexity index is 1870. The Morgan fingerprint density at radius 3 is 1.05 bits per heavy atom. The highest BCUT2D eigenvalue weighted by molar-refractivity contribution is 6.74. The lowest BCUT2D eigenvalue weighted by atomic mass is 9.96. The highest BCUT2D eigenvalue weighted by Crippen LogP contribution is 2.43. The SMILES string of the molecule is CC(=O)O[C@@H]1[C@@H](O[Si](C)(C)C(C)(C)C)[C@H](OC(C)=O)[C@@H](C(=O)N(C)c2ccc(N(C)C(=O)[C@H]3O[C@@H](N=[N+]=[N-])[C@H](OC(C)=O)[C@@H](O[Si](C)(C)C(C)(C)C)[C@@H]3OC(C)=O)cc2)O[C@H]1N=[N+]=[N-]. The van der Waals surface area contributed by atoms with E-state index in [1.54, 1.807) is 0 Å². The van der Waals surface area contributed by atoms with E-state index < -0.39 is 124 Å². The molecule has 2 fully saturated rings. The fourth-order valence-electron chi connectivity index (χ4n) is 6.45. The summed E-state index contributed by atoms with van der Waals surface area (Å²) in [6, 6.07) is 6.02. The van der Waals surface area contributed by atoms with Crippen LogP contribution in [0.25, 0.3) is 20.9 Å². The first-order valence-electron chi connectivity index (χ1n) is 20.5. The molecule has 0 unspecified atom stereocenters. The molecule has 2 heterocycles. The maximum atomic E-state index is 14.4. The van der Waals surface area contributed by atoms with Crippen molar-refractivity contribution in [3.8, 4) is 0 Å². The number of hydrogen-bond acceptors (Lipinski definition) is 16. The minimum absolute atomic E-state index is 0.270. The zero-order valence-electron chi connectivity index (χ0n) is 39.4. The van der Waals surface area contributed by atoms with Crippen molar-refractivity contribution < 1.29 is 66.0 Å². The third-order valence-corrected chi connectivity index (χ3v) is 20.8. The van der Waals surface area contributed by atoms with E-state index in [2.05, 4.69) is 20.1 Å². The topological polar surface area (TPSA) is 280 Å². The van der Waals surface area contributed by atoms with Crippen LogP contribution in [-0.4, -0.2) is 128 Å². The summed E-state index contributed by atoms with van der Waals surface area (Å²) < 4.78 is 47.8. The van der Waals surface area contributed by atoms with Crippen molar-refractivity contribution in [1.29, 1.82) is 0 Å². The number of nitrogens with zero attached hydrogens (tertiary/aromatic N) is 8. The second-order valence-electron chi connectivity index (χ2n) is 18.6. The zero-order valence-corrected chi connectivity index (χ0v) is 41.4. The predicted molar refractivity (Wildman–Crippen MR) is 235 cm³/mol. The van der Waals surface area contributed by atoms with Crippen LogP contribution in [0, 0.1) is 0 Å². The van der Waals surface area contributed by atoms with Crippen LogP contribution in [0.5, 0.6) is 0 Å². The van der Waals surface area contributed by atoms with Gasteiger partial charge in [0.25, 0.3) is 11.8 Å². The molecule has 0 bridgehead atoms. The van der Waals surface area contributed by atoms with Crippen LogP contribution in [0.1, 0.15) is 69.2 Å². The number of azide groups is 2. The lowest BCUT2D eigenvalue weighted by Gasteiger charge is -2.48. The summed E-state index contributed by atoms with van der Waals surface area (Å²) in [7, 11) is -2.74. The fourth-order valence-corrected chi connectivity index (χ4v) is 9.06. The minimum atomic E-state index is -2.79. The molecule has 0 saturated carbocycles. The van der Waals surface area contributed by atoms with Gasteiger partial charge in [-0.15, -0.1) is 0 Å². The first kappa shape index (κ1) is 53.3. The maximum absolute atomic E-state index is 14.4. The molecule has 3 rings (SSSR count). The first-order valence-corrected chi connectivity index (χ1v) is 26.3. The third-order valence-electron chi connectivity index (χ3n) is 11.8. The van der Waals surface area contributed by atoms with Crippen LogP contribution in [0.2, 0.25) is 36.3 Å². The lowest BCUT2D eigenvalue weighted by Crippen LogP contribution is -2.66. The molecule has 1 aromatic rings. The maximum Gasteiger partial charge on any atom is 0.303 e. The molecule has 64 heavy (non-hydrogen) atoms. The van der Waals surface area contributed by atoms with E-state index in [1.807, 2.05) is 67.7 Å². The van der Waals surface area contributed by atoms with Crippen molar-refractivity contribution >= 4 is 63.7 Å². The van der Waals surface area contributed by atoms with E-state index in [1.165, 1.54) is 48.2 Å². The number of likely N-dealkylation sites (N-methyl/N-ethyl adjacent to an activating group) is 2. The molecule has 2 aliphatic rings. The van der Waals surface area contributed by atoms with E-state index in [4.69, 9.17) is 37.3 Å². The predicted octanol–water partition coefficient (Wildman–Crippen LogP) is 6.19. The van der Waals surface area contributed by atoms with Gasteiger partial charge in [-0.05, 0) is 71.6 Å². The van der Waals surface area contributed by atoms with Crippen molar-refractivity contribution in [2.24, 2.45) is 10.2 Å². The average Bonchev–Trinajstić information content (AvgIpc) is 3.16. The number of esters is 4. The van der Waals surface area contributed by atoms with Crippen molar-refractivity contribution in [2.75, 3.05) is 23.9 Å². The number of amides is 2. The minimum Gasteiger partial charge on any atom is -0.457 e. The van der Waals surface area contributed by atoms with E-state index in [0.717, 1.165) is 27.7 Å². The van der Waals surface area contributed by atoms with Gasteiger partial charge in [0.1, 0.15) is 12.2 Å². The average molecular weight is 935 g/mol. The van der Waals surface area contributed by atoms with Crippen molar-refractivity contribution in [3.05, 3.63) is 45.2 Å². The first-order chi connectivity index (χ1) is 29.4. The van der Waals surface area contributed by atoms with Gasteiger partial charge in [0.15, 0.2) is 65.7 Å². The summed E-state index contributed by atoms with van der Waals surface area (Å²) in [5.74, 6) is -4.62. The number of hydrogen-bond donors (Lipinski definition) is 0. The monoisotopic (exact) mass is 934 g/mol. The molecule has 1 aromatic carbocycles. The largest absolute Gasteiger partial charge is 0.457 e. The van der Waals surface area contributed by atoms with Crippen LogP contribution in [0.3, 0.4) is 0 Å². The number of carbonyl (C=O) groups is 6. The van der Waals surface area contributed by atoms with Gasteiger partial charge in [0, 0.05) is 63.0 Å². The van der Waals surface area contributed by atoms with E-state index in [0.29, 0.717) is 0 Å². The standard InChI is InChI=1S/C40H62N8O14Si2/c1-21(49)55-27-29(61-63(13,14)39(5,6)7)31(57-23(3)51)35(43-45-41)59-33(27)37(53)47(11)25-17-19-26(20-18-25)48(12)38(54)34-28(56-22(2)50)30(62-64(15,16)40(8,9)10)32(58-24(4)52)36(60-34)44-46-42/h17-20,27-36H,1-16H3/t27-,28-,29-,30-,31+,32+,33-,34-,35+,36+/m0/s1. The van der Waals surface area contributed by atoms with Crippen molar-refractivity contribution in [2.45, 2.75) is 167 Å². The number of benzene rings is 1. The Hall–Kier alpha value is -5.07. The molecule has 22 nitrogen and oxygen atoms in total. The number of ether oxygens (including phenoxy) is 6. The Kier molecular flexibility index (Phi) is 17.3. The van der Waals surface area contributed by atoms with Crippen LogP contribution in [-0.2, 0) is 66.0 Å². The molecule has 10 atom stereocenters. The normalized spacial score (nSPS) is 26.2. The number of anilines is 2. The number of carbonyl (C=O) groups excluding carboxylic acids is 6. The Labute approximate surface area is 375 Å². The van der Waals surface area contributed by atoms with Crippen molar-refractivity contribution in [1.82, 2.24) is 0 Å². The number of rotatable bonds is 14. The van der Waals surface area contributed by atoms with Crippen LogP contribution in [0.15, 0.2) is 34.5 Å². The molecule has 0 N–H and O–H groups in total. The van der Waals surface area contributed by atoms with Gasteiger partial charge in [-0.2, -0.15) is 0 Å². The highest BCUT2D eigenvalue weighted by Gasteiger charge is 2.58. The van der Waals surface area contributed by atoms with E-state index in [9.17, 15) is 39.8 Å². The molecule has 24 heteroatoms. The molecule has 354 valence electrons. The summed E-state index contributed by atoms with van der Waals surface area (Å²) in [5.41, 5.74) is 19.5. The highest BCUT2D eigenvalue weighted by atomic mass is 28.4. The summed E-state index contributed by atoms with van der Waals surface area (Å²) >= 11 is 0. The lowest BCUT2D eigenvalue weighted by molar-refractivity contribution is -0.232. The van der Waals surface area contributed by atoms with Gasteiger partial charge >= 0.3 is 23.9 Å². The molecular weight excluding hydrogens is 873 g/mol. The molecule has 0 aromatic heterocycles. The van der Waals surface area contributed by atoms with Crippen molar-refractivity contribution in [3.63, 3.8) is 0 Å². The van der Waals surface area contributed by atoms with Gasteiger partial charge in [0.2, 0.25) is 0 Å². The van der Waals surface area contributed by atoms with Gasteiger partial charge in [-0.3, -0.25) is 28.8 Å². The summed E-state index contributed by atoms with van der Waals surface area (Å²) in [5, 5.41) is 6.57. The Morgan fingerprint density at radius 2 is 0.812 bits per heavy atom. The van der Waals surface area contributed by atoms with Gasteiger partial charge in [-0.1, -0.05) is 51.8 Å². The van der Waals surface area contributed by atoms with Crippen LogP contribution < -0.4 is 9.80 Å². The quantitative estimate of drug-likeness (QED) is 0.0502. The third kappa shape index (κ3) is 12.6. The molecule has 2 saturated heterocycles. The molecule has 0 spiro atoms. The second kappa shape index (κ2) is 20.8. The second-order valence-corrected chi connectivity index (χ2v) is 28.1. The molecular formula is C40H62N8O14Si2. The van der Waals surface area contributed by atoms with Crippen LogP contribution >= 0.6 is 0 Å². The Balaban J connectivity index is 2.06. The smallest absolute Gasteiger partial charge is 0.303 e. The van der Waals surface area contributed by atoms with Gasteiger partial charge in [0.05, 0.1) is 0 Å². The van der Waals surface area contributed by atoms with E-state index >= 15 is 0 Å². The summed E-state index contributed by atoms with van der Waals surface area (Å²) in [4.78, 5) is 86.8. The van der Waals surface area contributed by atoms with Gasteiger partial charge in [-0.25, -0.2) is 0 Å². The molecule has 2 amide bonds. The summed E-state index contributed by atoms with van der Waals surface area (Å²) in [6.45, 7) is 23.9. The van der Waals surface area contributed by atoms with Gasteiger partial charge < -0.3 is 47.1 Å². The fraction of sp³-hybridized carbons (Fsp3) is 0.700. The van der Waals surface area contributed by atoms with Crippen LogP contribution in [0.4, 0.5) is 11.4 Å². The Morgan fingerprint density at radius 1 is 0.547 bits per heavy atom. The molecule has 2 aliphatic heterocycles. The van der Waals surface area contributed by atoms with E-state index in [-0.39, 0.29) is 11.4 Å². The molecule has 0 aliphatic carbocycles. The summed E-state index contributed by atoms with van der Waals surface area (Å²) in [6.07, 6.45) is -14.7. The molecule has 0 radical (unpaired) electrons.